The number of nitrogens with two attached hydrogens (primary N) is 1. The van der Waals surface area contributed by atoms with E-state index in [9.17, 15) is 0 Å². The second-order valence-corrected chi connectivity index (χ2v) is 6.45. The van der Waals surface area contributed by atoms with Gasteiger partial charge in [0.25, 0.3) is 0 Å². The molecule has 0 aliphatic heterocycles. The zero-order valence-corrected chi connectivity index (χ0v) is 13.3. The molecule has 1 aliphatic carbocycles. The Morgan fingerprint density at radius 2 is 2.10 bits per heavy atom. The highest BCUT2D eigenvalue weighted by Crippen LogP contribution is 2.34. The summed E-state index contributed by atoms with van der Waals surface area (Å²) in [6.45, 7) is 4.40. The second-order valence-electron chi connectivity index (χ2n) is 6.04. The van der Waals surface area contributed by atoms with Crippen LogP contribution in [0.25, 0.3) is 0 Å². The Kier molecular flexibility index (Phi) is 5.88. The molecule has 0 saturated heterocycles. The standard InChI is InChI=1S/C17H26ClNO/c1-3-16(19)17(14-9-4-5-10-15(14)18)20-13-8-6-7-12(2)11-13/h4-5,9-10,12-13,16-17H,3,6-8,11,19H2,1-2H3. The third-order valence-corrected chi connectivity index (χ3v) is 4.64. The predicted octanol–water partition coefficient (Wildman–Crippen LogP) is 4.71. The Balaban J connectivity index is 2.14. The molecular weight excluding hydrogens is 270 g/mol. The zero-order valence-electron chi connectivity index (χ0n) is 12.5. The largest absolute Gasteiger partial charge is 0.369 e. The molecule has 1 aromatic rings. The van der Waals surface area contributed by atoms with Crippen LogP contribution in [0.15, 0.2) is 24.3 Å². The third kappa shape index (κ3) is 3.97. The van der Waals surface area contributed by atoms with E-state index < -0.39 is 0 Å². The van der Waals surface area contributed by atoms with Gasteiger partial charge in [-0.1, -0.05) is 56.5 Å². The molecule has 20 heavy (non-hydrogen) atoms. The molecule has 1 saturated carbocycles. The lowest BCUT2D eigenvalue weighted by Gasteiger charge is -2.33. The molecule has 0 amide bonds. The molecule has 4 unspecified atom stereocenters. The van der Waals surface area contributed by atoms with Crippen LogP contribution in [0.4, 0.5) is 0 Å². The summed E-state index contributed by atoms with van der Waals surface area (Å²) in [6, 6.07) is 7.90. The Hall–Kier alpha value is -0.570. The summed E-state index contributed by atoms with van der Waals surface area (Å²) in [5.41, 5.74) is 7.32. The van der Waals surface area contributed by atoms with E-state index in [4.69, 9.17) is 22.1 Å². The Morgan fingerprint density at radius 3 is 2.75 bits per heavy atom. The molecule has 1 fully saturated rings. The van der Waals surface area contributed by atoms with Gasteiger partial charge in [0, 0.05) is 16.6 Å². The number of rotatable bonds is 5. The van der Waals surface area contributed by atoms with E-state index in [1.807, 2.05) is 24.3 Å². The van der Waals surface area contributed by atoms with Crippen LogP contribution < -0.4 is 5.73 Å². The fraction of sp³-hybridized carbons (Fsp3) is 0.647. The molecule has 4 atom stereocenters. The van der Waals surface area contributed by atoms with Gasteiger partial charge in [-0.15, -0.1) is 0 Å². The average Bonchev–Trinajstić information content (AvgIpc) is 2.45. The van der Waals surface area contributed by atoms with Crippen LogP contribution in [-0.4, -0.2) is 12.1 Å². The SMILES string of the molecule is CCC(N)C(OC1CCCC(C)C1)c1ccccc1Cl. The van der Waals surface area contributed by atoms with E-state index in [2.05, 4.69) is 13.8 Å². The van der Waals surface area contributed by atoms with Gasteiger partial charge in [-0.05, 0) is 31.2 Å². The van der Waals surface area contributed by atoms with Gasteiger partial charge in [-0.25, -0.2) is 0 Å². The summed E-state index contributed by atoms with van der Waals surface area (Å²) in [5, 5.41) is 0.755. The smallest absolute Gasteiger partial charge is 0.0993 e. The highest BCUT2D eigenvalue weighted by Gasteiger charge is 2.27. The van der Waals surface area contributed by atoms with Gasteiger partial charge in [-0.2, -0.15) is 0 Å². The molecule has 112 valence electrons. The predicted molar refractivity (Wildman–Crippen MR) is 85.0 cm³/mol. The molecular formula is C17H26ClNO. The van der Waals surface area contributed by atoms with Crippen molar-refractivity contribution in [3.05, 3.63) is 34.9 Å². The van der Waals surface area contributed by atoms with Crippen LogP contribution in [-0.2, 0) is 4.74 Å². The molecule has 0 heterocycles. The number of ether oxygens (including phenoxy) is 1. The first-order chi connectivity index (χ1) is 9.61. The van der Waals surface area contributed by atoms with Gasteiger partial charge in [0.05, 0.1) is 12.2 Å². The lowest BCUT2D eigenvalue weighted by Crippen LogP contribution is -2.34. The first-order valence-corrected chi connectivity index (χ1v) is 8.15. The van der Waals surface area contributed by atoms with Crippen molar-refractivity contribution in [2.45, 2.75) is 64.2 Å². The molecule has 0 spiro atoms. The fourth-order valence-electron chi connectivity index (χ4n) is 3.03. The topological polar surface area (TPSA) is 35.2 Å². The fourth-order valence-corrected chi connectivity index (χ4v) is 3.28. The number of halogens is 1. The van der Waals surface area contributed by atoms with E-state index in [1.54, 1.807) is 0 Å². The normalized spacial score (nSPS) is 26.2. The summed E-state index contributed by atoms with van der Waals surface area (Å²) >= 11 is 6.33. The highest BCUT2D eigenvalue weighted by molar-refractivity contribution is 6.31. The Morgan fingerprint density at radius 1 is 1.35 bits per heavy atom. The van der Waals surface area contributed by atoms with Crippen molar-refractivity contribution in [2.75, 3.05) is 0 Å². The summed E-state index contributed by atoms with van der Waals surface area (Å²) in [4.78, 5) is 0. The van der Waals surface area contributed by atoms with E-state index in [1.165, 1.54) is 12.8 Å². The van der Waals surface area contributed by atoms with Crippen LogP contribution in [0.5, 0.6) is 0 Å². The molecule has 0 aromatic heterocycles. The Bertz CT molecular complexity index is 423. The first-order valence-electron chi connectivity index (χ1n) is 7.77. The molecule has 0 radical (unpaired) electrons. The summed E-state index contributed by atoms with van der Waals surface area (Å²) in [7, 11) is 0. The van der Waals surface area contributed by atoms with E-state index in [0.29, 0.717) is 6.10 Å². The Labute approximate surface area is 127 Å². The minimum atomic E-state index is -0.0935. The van der Waals surface area contributed by atoms with Crippen LogP contribution in [0.1, 0.15) is 57.6 Å². The molecule has 2 rings (SSSR count). The molecule has 2 nitrogen and oxygen atoms in total. The van der Waals surface area contributed by atoms with Crippen LogP contribution in [0.3, 0.4) is 0 Å². The maximum Gasteiger partial charge on any atom is 0.0993 e. The van der Waals surface area contributed by atoms with Crippen molar-refractivity contribution in [3.8, 4) is 0 Å². The van der Waals surface area contributed by atoms with Crippen molar-refractivity contribution in [2.24, 2.45) is 11.7 Å². The third-order valence-electron chi connectivity index (χ3n) is 4.30. The van der Waals surface area contributed by atoms with Gasteiger partial charge in [-0.3, -0.25) is 0 Å². The molecule has 1 aliphatic rings. The first kappa shape index (κ1) is 15.8. The molecule has 2 N–H and O–H groups in total. The minimum Gasteiger partial charge on any atom is -0.369 e. The van der Waals surface area contributed by atoms with Crippen LogP contribution in [0.2, 0.25) is 5.02 Å². The number of hydrogen-bond acceptors (Lipinski definition) is 2. The molecule has 3 heteroatoms. The monoisotopic (exact) mass is 295 g/mol. The van der Waals surface area contributed by atoms with Crippen molar-refractivity contribution in [1.82, 2.24) is 0 Å². The van der Waals surface area contributed by atoms with Crippen molar-refractivity contribution in [3.63, 3.8) is 0 Å². The van der Waals surface area contributed by atoms with Crippen LogP contribution >= 0.6 is 11.6 Å². The van der Waals surface area contributed by atoms with Crippen molar-refractivity contribution in [1.29, 1.82) is 0 Å². The van der Waals surface area contributed by atoms with Crippen molar-refractivity contribution >= 4 is 11.6 Å². The highest BCUT2D eigenvalue weighted by atomic mass is 35.5. The molecule has 0 bridgehead atoms. The zero-order chi connectivity index (χ0) is 14.5. The van der Waals surface area contributed by atoms with Gasteiger partial charge < -0.3 is 10.5 Å². The van der Waals surface area contributed by atoms with E-state index >= 15 is 0 Å². The van der Waals surface area contributed by atoms with Gasteiger partial charge >= 0.3 is 0 Å². The average molecular weight is 296 g/mol. The van der Waals surface area contributed by atoms with E-state index in [0.717, 1.165) is 35.8 Å². The van der Waals surface area contributed by atoms with Gasteiger partial charge in [0.2, 0.25) is 0 Å². The summed E-state index contributed by atoms with van der Waals surface area (Å²) in [6.07, 6.45) is 5.96. The second kappa shape index (κ2) is 7.44. The lowest BCUT2D eigenvalue weighted by molar-refractivity contribution is -0.0517. The summed E-state index contributed by atoms with van der Waals surface area (Å²) in [5.74, 6) is 0.749. The maximum absolute atomic E-state index is 6.37. The summed E-state index contributed by atoms with van der Waals surface area (Å²) < 4.78 is 6.37. The van der Waals surface area contributed by atoms with Crippen molar-refractivity contribution < 1.29 is 4.74 Å². The number of benzene rings is 1. The lowest BCUT2D eigenvalue weighted by atomic mass is 9.88. The maximum atomic E-state index is 6.37. The van der Waals surface area contributed by atoms with Gasteiger partial charge in [0.15, 0.2) is 0 Å². The van der Waals surface area contributed by atoms with E-state index in [-0.39, 0.29) is 12.1 Å². The quantitative estimate of drug-likeness (QED) is 0.853. The minimum absolute atomic E-state index is 0.00728. The molecule has 1 aromatic carbocycles. The van der Waals surface area contributed by atoms with Crippen LogP contribution in [0, 0.1) is 5.92 Å². The van der Waals surface area contributed by atoms with Gasteiger partial charge in [0.1, 0.15) is 0 Å². The number of hydrogen-bond donors (Lipinski definition) is 1.